The van der Waals surface area contributed by atoms with Gasteiger partial charge in [0.2, 0.25) is 5.91 Å². The van der Waals surface area contributed by atoms with Gasteiger partial charge >= 0.3 is 5.97 Å². The highest BCUT2D eigenvalue weighted by molar-refractivity contribution is 7.18. The van der Waals surface area contributed by atoms with Crippen molar-refractivity contribution in [1.29, 1.82) is 0 Å². The fourth-order valence-corrected chi connectivity index (χ4v) is 4.16. The number of rotatable bonds is 6. The maximum atomic E-state index is 13.0. The average molecular weight is 404 g/mol. The van der Waals surface area contributed by atoms with Gasteiger partial charge in [-0.25, -0.2) is 9.78 Å². The van der Waals surface area contributed by atoms with Gasteiger partial charge in [0, 0.05) is 0 Å². The van der Waals surface area contributed by atoms with Crippen LogP contribution in [0.5, 0.6) is 0 Å². The zero-order chi connectivity index (χ0) is 19.7. The van der Waals surface area contributed by atoms with Gasteiger partial charge in [-0.1, -0.05) is 12.1 Å². The second-order valence-electron chi connectivity index (χ2n) is 6.44. The van der Waals surface area contributed by atoms with Crippen molar-refractivity contribution < 1.29 is 28.5 Å². The molecule has 9 heteroatoms. The standard InChI is InChI=1S/C19H20N2O6S/c1-11-26-18(27-11)7-17(22)21(14-10-25-9-12(14)19(23)24-2)8-16-20-13-5-3-4-6-15(13)28-16/h3-6,11,18H,7-10H2,1-2H3. The second kappa shape index (κ2) is 7.96. The Hall–Kier alpha value is -2.33. The summed E-state index contributed by atoms with van der Waals surface area (Å²) >= 11 is 1.51. The summed E-state index contributed by atoms with van der Waals surface area (Å²) in [6, 6.07) is 7.78. The van der Waals surface area contributed by atoms with Crippen molar-refractivity contribution in [2.24, 2.45) is 0 Å². The third kappa shape index (κ3) is 3.79. The van der Waals surface area contributed by atoms with Crippen LogP contribution in [0.3, 0.4) is 0 Å². The molecule has 4 rings (SSSR count). The van der Waals surface area contributed by atoms with Crippen molar-refractivity contribution >= 4 is 33.4 Å². The lowest BCUT2D eigenvalue weighted by molar-refractivity contribution is -0.374. The molecule has 8 nitrogen and oxygen atoms in total. The Morgan fingerprint density at radius 1 is 1.29 bits per heavy atom. The van der Waals surface area contributed by atoms with Gasteiger partial charge in [0.25, 0.3) is 0 Å². The first-order valence-electron chi connectivity index (χ1n) is 8.89. The van der Waals surface area contributed by atoms with Crippen molar-refractivity contribution in [3.05, 3.63) is 40.5 Å². The van der Waals surface area contributed by atoms with Gasteiger partial charge in [0.1, 0.15) is 5.01 Å². The predicted octanol–water partition coefficient (Wildman–Crippen LogP) is 2.19. The Morgan fingerprint density at radius 2 is 2.07 bits per heavy atom. The van der Waals surface area contributed by atoms with Crippen LogP contribution >= 0.6 is 11.3 Å². The SMILES string of the molecule is COC(=O)C1=C(N(Cc2nc3ccccc3s2)C(=O)CC2OC(C)O2)COC1. The van der Waals surface area contributed by atoms with Crippen molar-refractivity contribution in [1.82, 2.24) is 9.88 Å². The first-order valence-corrected chi connectivity index (χ1v) is 9.70. The molecule has 1 aromatic heterocycles. The Morgan fingerprint density at radius 3 is 2.79 bits per heavy atom. The smallest absolute Gasteiger partial charge is 0.337 e. The number of thiazole rings is 1. The number of aromatic nitrogens is 1. The van der Waals surface area contributed by atoms with Crippen LogP contribution in [0.25, 0.3) is 10.2 Å². The van der Waals surface area contributed by atoms with Crippen molar-refractivity contribution in [3.63, 3.8) is 0 Å². The summed E-state index contributed by atoms with van der Waals surface area (Å²) in [5.41, 5.74) is 1.73. The van der Waals surface area contributed by atoms with Crippen LogP contribution in [0.15, 0.2) is 35.5 Å². The molecule has 1 amide bonds. The lowest BCUT2D eigenvalue weighted by Gasteiger charge is -2.34. The molecular weight excluding hydrogens is 384 g/mol. The van der Waals surface area contributed by atoms with E-state index in [-0.39, 0.29) is 38.4 Å². The second-order valence-corrected chi connectivity index (χ2v) is 7.55. The van der Waals surface area contributed by atoms with Crippen molar-refractivity contribution in [3.8, 4) is 0 Å². The van der Waals surface area contributed by atoms with Gasteiger partial charge in [0.15, 0.2) is 12.6 Å². The number of ether oxygens (including phenoxy) is 4. The number of benzene rings is 1. The molecule has 0 radical (unpaired) electrons. The van der Waals surface area contributed by atoms with Gasteiger partial charge in [-0.3, -0.25) is 4.79 Å². The molecule has 0 atom stereocenters. The quantitative estimate of drug-likeness (QED) is 0.682. The molecule has 148 valence electrons. The molecule has 0 N–H and O–H groups in total. The number of hydrogen-bond donors (Lipinski definition) is 0. The number of esters is 1. The Bertz CT molecular complexity index is 900. The highest BCUT2D eigenvalue weighted by Gasteiger charge is 2.35. The van der Waals surface area contributed by atoms with Gasteiger partial charge in [-0.05, 0) is 19.1 Å². The zero-order valence-electron chi connectivity index (χ0n) is 15.5. The molecular formula is C19H20N2O6S. The summed E-state index contributed by atoms with van der Waals surface area (Å²) in [5, 5.41) is 0.766. The molecule has 0 saturated carbocycles. The Balaban J connectivity index is 1.62. The maximum Gasteiger partial charge on any atom is 0.337 e. The van der Waals surface area contributed by atoms with E-state index < -0.39 is 12.3 Å². The van der Waals surface area contributed by atoms with Crippen LogP contribution in [0.2, 0.25) is 0 Å². The van der Waals surface area contributed by atoms with Crippen molar-refractivity contribution in [2.45, 2.75) is 32.5 Å². The first kappa shape index (κ1) is 19.0. The molecule has 2 aliphatic heterocycles. The van der Waals surface area contributed by atoms with E-state index in [1.165, 1.54) is 23.3 Å². The largest absolute Gasteiger partial charge is 0.466 e. The fraction of sp³-hybridized carbons (Fsp3) is 0.421. The molecule has 0 unspecified atom stereocenters. The van der Waals surface area contributed by atoms with E-state index in [0.717, 1.165) is 15.2 Å². The highest BCUT2D eigenvalue weighted by Crippen LogP contribution is 2.28. The van der Waals surface area contributed by atoms with E-state index >= 15 is 0 Å². The Labute approximate surface area is 165 Å². The van der Waals surface area contributed by atoms with E-state index in [1.807, 2.05) is 24.3 Å². The van der Waals surface area contributed by atoms with Crippen LogP contribution in [-0.2, 0) is 35.1 Å². The summed E-state index contributed by atoms with van der Waals surface area (Å²) in [5.74, 6) is -0.725. The summed E-state index contributed by atoms with van der Waals surface area (Å²) < 4.78 is 22.1. The summed E-state index contributed by atoms with van der Waals surface area (Å²) in [7, 11) is 1.31. The number of methoxy groups -OCH3 is 1. The molecule has 0 bridgehead atoms. The predicted molar refractivity (Wildman–Crippen MR) is 100 cm³/mol. The molecule has 0 aliphatic carbocycles. The van der Waals surface area contributed by atoms with E-state index in [0.29, 0.717) is 11.3 Å². The molecule has 28 heavy (non-hydrogen) atoms. The highest BCUT2D eigenvalue weighted by atomic mass is 32.1. The van der Waals surface area contributed by atoms with Crippen LogP contribution < -0.4 is 0 Å². The summed E-state index contributed by atoms with van der Waals surface area (Å²) in [6.45, 7) is 2.27. The number of carbonyl (C=O) groups excluding carboxylic acids is 2. The molecule has 3 heterocycles. The minimum Gasteiger partial charge on any atom is -0.466 e. The fourth-order valence-electron chi connectivity index (χ4n) is 3.20. The maximum absolute atomic E-state index is 13.0. The van der Waals surface area contributed by atoms with Crippen molar-refractivity contribution in [2.75, 3.05) is 20.3 Å². The lowest BCUT2D eigenvalue weighted by Crippen LogP contribution is -2.43. The monoisotopic (exact) mass is 404 g/mol. The number of para-hydroxylation sites is 1. The van der Waals surface area contributed by atoms with Crippen LogP contribution in [-0.4, -0.2) is 54.7 Å². The molecule has 1 aromatic carbocycles. The normalized spacial score (nSPS) is 21.6. The van der Waals surface area contributed by atoms with E-state index in [2.05, 4.69) is 4.98 Å². The summed E-state index contributed by atoms with van der Waals surface area (Å²) in [4.78, 5) is 31.3. The molecule has 0 spiro atoms. The number of fused-ring (bicyclic) bond motifs is 1. The van der Waals surface area contributed by atoms with Gasteiger partial charge < -0.3 is 23.8 Å². The van der Waals surface area contributed by atoms with Crippen LogP contribution in [0, 0.1) is 0 Å². The Kier molecular flexibility index (Phi) is 5.40. The lowest BCUT2D eigenvalue weighted by atomic mass is 10.2. The third-order valence-corrected chi connectivity index (χ3v) is 5.57. The third-order valence-electron chi connectivity index (χ3n) is 4.55. The van der Waals surface area contributed by atoms with Crippen LogP contribution in [0.1, 0.15) is 18.4 Å². The first-order chi connectivity index (χ1) is 13.5. The minimum absolute atomic E-state index is 0.0488. The number of nitrogens with zero attached hydrogens (tertiary/aromatic N) is 2. The number of carbonyl (C=O) groups is 2. The minimum atomic E-state index is -0.579. The molecule has 1 fully saturated rings. The zero-order valence-corrected chi connectivity index (χ0v) is 16.4. The topological polar surface area (TPSA) is 87.2 Å². The van der Waals surface area contributed by atoms with E-state index in [9.17, 15) is 9.59 Å². The van der Waals surface area contributed by atoms with Crippen LogP contribution in [0.4, 0.5) is 0 Å². The van der Waals surface area contributed by atoms with E-state index in [1.54, 1.807) is 6.92 Å². The summed E-state index contributed by atoms with van der Waals surface area (Å²) in [6.07, 6.45) is -0.840. The van der Waals surface area contributed by atoms with E-state index in [4.69, 9.17) is 18.9 Å². The average Bonchev–Trinajstić information content (AvgIpc) is 3.30. The van der Waals surface area contributed by atoms with Gasteiger partial charge in [-0.15, -0.1) is 11.3 Å². The molecule has 1 saturated heterocycles. The number of amides is 1. The molecule has 2 aromatic rings. The van der Waals surface area contributed by atoms with Gasteiger partial charge in [-0.2, -0.15) is 0 Å². The number of hydrogen-bond acceptors (Lipinski definition) is 8. The van der Waals surface area contributed by atoms with Gasteiger partial charge in [0.05, 0.1) is 54.8 Å². The molecule has 2 aliphatic rings.